The Morgan fingerprint density at radius 1 is 1.07 bits per heavy atom. The predicted octanol–water partition coefficient (Wildman–Crippen LogP) is 5.50. The highest BCUT2D eigenvalue weighted by Gasteiger charge is 2.31. The average Bonchev–Trinajstić information content (AvgIpc) is 3.34. The molecular formula is C30H33F3N4O4. The minimum absolute atomic E-state index is 0.0102. The Morgan fingerprint density at radius 2 is 1.80 bits per heavy atom. The number of amides is 1. The maximum Gasteiger partial charge on any atom is 0.416 e. The van der Waals surface area contributed by atoms with Crippen molar-refractivity contribution in [3.8, 4) is 16.9 Å². The van der Waals surface area contributed by atoms with Gasteiger partial charge in [0, 0.05) is 24.7 Å². The Bertz CT molecular complexity index is 1510. The number of halogens is 3. The van der Waals surface area contributed by atoms with Gasteiger partial charge in [-0.05, 0) is 66.3 Å². The molecule has 0 aliphatic rings. The van der Waals surface area contributed by atoms with Gasteiger partial charge in [0.2, 0.25) is 0 Å². The number of carbonyl (C=O) groups is 1. The summed E-state index contributed by atoms with van der Waals surface area (Å²) < 4.78 is 47.3. The molecule has 0 bridgehead atoms. The second-order valence-corrected chi connectivity index (χ2v) is 10.3. The molecule has 1 unspecified atom stereocenters. The number of nitrogens with zero attached hydrogens (tertiary/aromatic N) is 3. The van der Waals surface area contributed by atoms with Crippen molar-refractivity contribution in [3.63, 3.8) is 0 Å². The van der Waals surface area contributed by atoms with Crippen LogP contribution in [0.15, 0.2) is 54.9 Å². The van der Waals surface area contributed by atoms with Gasteiger partial charge in [-0.25, -0.2) is 0 Å². The van der Waals surface area contributed by atoms with Crippen LogP contribution in [0.5, 0.6) is 5.75 Å². The molecule has 0 aliphatic heterocycles. The second kappa shape index (κ2) is 12.3. The van der Waals surface area contributed by atoms with Gasteiger partial charge in [0.05, 0.1) is 35.8 Å². The highest BCUT2D eigenvalue weighted by molar-refractivity contribution is 5.94. The Hall–Kier alpha value is -3.96. The lowest BCUT2D eigenvalue weighted by atomic mass is 9.95. The summed E-state index contributed by atoms with van der Waals surface area (Å²) in [7, 11) is 1.52. The Balaban J connectivity index is 1.70. The van der Waals surface area contributed by atoms with Crippen molar-refractivity contribution in [3.05, 3.63) is 77.2 Å². The van der Waals surface area contributed by atoms with Crippen LogP contribution >= 0.6 is 0 Å². The van der Waals surface area contributed by atoms with Gasteiger partial charge >= 0.3 is 6.18 Å². The van der Waals surface area contributed by atoms with Crippen LogP contribution in [-0.2, 0) is 6.18 Å². The van der Waals surface area contributed by atoms with Crippen molar-refractivity contribution in [1.82, 2.24) is 20.1 Å². The van der Waals surface area contributed by atoms with Crippen molar-refractivity contribution in [2.75, 3.05) is 13.7 Å². The number of nitrogens with one attached hydrogen (secondary N) is 1. The van der Waals surface area contributed by atoms with Crippen molar-refractivity contribution in [2.45, 2.75) is 52.1 Å². The minimum Gasteiger partial charge on any atom is -0.495 e. The number of benzene rings is 2. The van der Waals surface area contributed by atoms with E-state index >= 15 is 0 Å². The van der Waals surface area contributed by atoms with Crippen LogP contribution in [0.25, 0.3) is 22.0 Å². The number of alkyl halides is 3. The van der Waals surface area contributed by atoms with E-state index in [0.717, 1.165) is 29.6 Å². The van der Waals surface area contributed by atoms with Gasteiger partial charge in [-0.15, -0.1) is 0 Å². The summed E-state index contributed by atoms with van der Waals surface area (Å²) in [5.41, 5.74) is 2.90. The van der Waals surface area contributed by atoms with E-state index in [1.165, 1.54) is 13.2 Å². The van der Waals surface area contributed by atoms with Gasteiger partial charge in [-0.2, -0.15) is 18.3 Å². The number of aliphatic hydroxyl groups is 2. The largest absolute Gasteiger partial charge is 0.495 e. The number of rotatable bonds is 10. The lowest BCUT2D eigenvalue weighted by molar-refractivity contribution is -0.137. The van der Waals surface area contributed by atoms with E-state index in [1.54, 1.807) is 25.4 Å². The van der Waals surface area contributed by atoms with Crippen molar-refractivity contribution >= 4 is 16.8 Å². The number of hydrogen-bond acceptors (Lipinski definition) is 6. The van der Waals surface area contributed by atoms with Gasteiger partial charge in [0.15, 0.2) is 6.29 Å². The van der Waals surface area contributed by atoms with Gasteiger partial charge in [-0.3, -0.25) is 14.5 Å². The second-order valence-electron chi connectivity index (χ2n) is 10.3. The molecule has 1 atom stereocenters. The highest BCUT2D eigenvalue weighted by Crippen LogP contribution is 2.41. The number of pyridine rings is 1. The molecule has 41 heavy (non-hydrogen) atoms. The molecule has 4 aromatic rings. The molecule has 2 aromatic heterocycles. The monoisotopic (exact) mass is 570 g/mol. The summed E-state index contributed by atoms with van der Waals surface area (Å²) in [5.74, 6) is 0.388. The number of carbonyl (C=O) groups excluding carboxylic acids is 1. The summed E-state index contributed by atoms with van der Waals surface area (Å²) in [6.07, 6.45) is -1.87. The van der Waals surface area contributed by atoms with Crippen LogP contribution < -0.4 is 10.1 Å². The number of aromatic nitrogens is 3. The maximum absolute atomic E-state index is 13.2. The predicted molar refractivity (Wildman–Crippen MR) is 148 cm³/mol. The molecule has 2 aromatic carbocycles. The lowest BCUT2D eigenvalue weighted by Gasteiger charge is -2.22. The molecule has 0 fully saturated rings. The van der Waals surface area contributed by atoms with Crippen molar-refractivity contribution < 1.29 is 32.9 Å². The van der Waals surface area contributed by atoms with E-state index < -0.39 is 23.9 Å². The van der Waals surface area contributed by atoms with Gasteiger partial charge in [-0.1, -0.05) is 26.0 Å². The zero-order valence-corrected chi connectivity index (χ0v) is 23.2. The summed E-state index contributed by atoms with van der Waals surface area (Å²) in [5, 5.41) is 25.9. The third-order valence-electron chi connectivity index (χ3n) is 6.86. The number of aliphatic hydroxyl groups excluding tert-OH is 1. The zero-order valence-electron chi connectivity index (χ0n) is 23.2. The maximum atomic E-state index is 13.2. The van der Waals surface area contributed by atoms with Gasteiger partial charge < -0.3 is 20.3 Å². The summed E-state index contributed by atoms with van der Waals surface area (Å²) in [6.45, 7) is 5.93. The van der Waals surface area contributed by atoms with Crippen LogP contribution in [0.1, 0.15) is 59.9 Å². The fourth-order valence-electron chi connectivity index (χ4n) is 4.88. The van der Waals surface area contributed by atoms with E-state index in [2.05, 4.69) is 29.2 Å². The topological polar surface area (TPSA) is 110 Å². The molecule has 4 rings (SSSR count). The normalized spacial score (nSPS) is 12.8. The Morgan fingerprint density at radius 3 is 2.39 bits per heavy atom. The summed E-state index contributed by atoms with van der Waals surface area (Å²) >= 11 is 0. The minimum atomic E-state index is -4.43. The highest BCUT2D eigenvalue weighted by atomic mass is 19.4. The molecule has 0 aliphatic carbocycles. The smallest absolute Gasteiger partial charge is 0.416 e. The number of aryl methyl sites for hydroxylation is 1. The number of fused-ring (bicyclic) bond motifs is 1. The fourth-order valence-corrected chi connectivity index (χ4v) is 4.88. The molecule has 218 valence electrons. The van der Waals surface area contributed by atoms with E-state index in [1.807, 2.05) is 22.9 Å². The zero-order chi connectivity index (χ0) is 29.9. The summed E-state index contributed by atoms with van der Waals surface area (Å²) in [6, 6.07) is 10.6. The third kappa shape index (κ3) is 6.68. The van der Waals surface area contributed by atoms with Crippen LogP contribution in [0.3, 0.4) is 0 Å². The first-order valence-corrected chi connectivity index (χ1v) is 13.2. The van der Waals surface area contributed by atoms with Crippen LogP contribution in [0.4, 0.5) is 13.2 Å². The molecule has 0 spiro atoms. The SMILES string of the molecule is COc1c(-c2ccc(C(F)(F)F)cc2C)ccc2c1cnn2C(CC(C)C)c1ccc(C(=O)NCCC(O)O)nc1. The Labute approximate surface area is 235 Å². The molecule has 3 N–H and O–H groups in total. The number of methoxy groups -OCH3 is 1. The molecule has 2 heterocycles. The molecule has 0 saturated heterocycles. The number of hydrogen-bond donors (Lipinski definition) is 3. The third-order valence-corrected chi connectivity index (χ3v) is 6.86. The average molecular weight is 571 g/mol. The molecule has 11 heteroatoms. The van der Waals surface area contributed by atoms with Crippen LogP contribution in [0.2, 0.25) is 0 Å². The molecule has 0 radical (unpaired) electrons. The van der Waals surface area contributed by atoms with Crippen molar-refractivity contribution in [2.24, 2.45) is 5.92 Å². The molecule has 0 saturated carbocycles. The molecule has 1 amide bonds. The van der Waals surface area contributed by atoms with E-state index in [-0.39, 0.29) is 24.7 Å². The molecule has 8 nitrogen and oxygen atoms in total. The number of ether oxygens (including phenoxy) is 1. The van der Waals surface area contributed by atoms with Crippen LogP contribution in [-0.4, -0.2) is 50.8 Å². The van der Waals surface area contributed by atoms with E-state index in [9.17, 15) is 18.0 Å². The standard InChI is InChI=1S/C30H33F3N4O4/c1-17(2)13-26(19-5-9-24(35-15-19)29(40)34-12-11-27(38)39)37-25-10-8-22(28(41-4)23(25)16-36-37)21-7-6-20(14-18(21)3)30(31,32)33/h5-10,14-17,26-27,38-39H,11-13H2,1-4H3,(H,34,40). The quantitative estimate of drug-likeness (QED) is 0.217. The first-order chi connectivity index (χ1) is 19.4. The lowest BCUT2D eigenvalue weighted by Crippen LogP contribution is -2.27. The van der Waals surface area contributed by atoms with Crippen LogP contribution in [0, 0.1) is 12.8 Å². The fraction of sp³-hybridized carbons (Fsp3) is 0.367. The first kappa shape index (κ1) is 30.0. The summed E-state index contributed by atoms with van der Waals surface area (Å²) in [4.78, 5) is 16.7. The van der Waals surface area contributed by atoms with Crippen molar-refractivity contribution in [1.29, 1.82) is 0 Å². The Kier molecular flexibility index (Phi) is 8.98. The van der Waals surface area contributed by atoms with E-state index in [4.69, 9.17) is 14.9 Å². The van der Waals surface area contributed by atoms with E-state index in [0.29, 0.717) is 33.7 Å². The molecular weight excluding hydrogens is 537 g/mol. The first-order valence-electron chi connectivity index (χ1n) is 13.2. The van der Waals surface area contributed by atoms with Gasteiger partial charge in [0.25, 0.3) is 5.91 Å². The van der Waals surface area contributed by atoms with Gasteiger partial charge in [0.1, 0.15) is 11.4 Å².